The fourth-order valence-corrected chi connectivity index (χ4v) is 1.69. The van der Waals surface area contributed by atoms with Crippen molar-refractivity contribution in [2.75, 3.05) is 6.61 Å². The molecule has 1 N–H and O–H groups in total. The van der Waals surface area contributed by atoms with Crippen LogP contribution < -0.4 is 10.1 Å². The Hall–Kier alpha value is -1.46. The summed E-state index contributed by atoms with van der Waals surface area (Å²) in [5, 5.41) is 3.47. The van der Waals surface area contributed by atoms with Gasteiger partial charge in [-0.05, 0) is 30.5 Å². The van der Waals surface area contributed by atoms with Crippen molar-refractivity contribution in [3.8, 4) is 18.1 Å². The zero-order valence-electron chi connectivity index (χ0n) is 11.4. The van der Waals surface area contributed by atoms with Gasteiger partial charge in [-0.25, -0.2) is 0 Å². The van der Waals surface area contributed by atoms with Crippen LogP contribution >= 0.6 is 0 Å². The predicted octanol–water partition coefficient (Wildman–Crippen LogP) is 3.37. The molecule has 2 heteroatoms. The first-order valence-electron chi connectivity index (χ1n) is 6.68. The molecular formula is C16H23NO. The molecule has 0 heterocycles. The van der Waals surface area contributed by atoms with Crippen LogP contribution in [0.25, 0.3) is 0 Å². The van der Waals surface area contributed by atoms with Crippen molar-refractivity contribution < 1.29 is 4.74 Å². The molecule has 1 atom stereocenters. The minimum Gasteiger partial charge on any atom is -0.494 e. The number of terminal acetylenes is 1. The highest BCUT2D eigenvalue weighted by atomic mass is 16.5. The van der Waals surface area contributed by atoms with E-state index in [2.05, 4.69) is 37.2 Å². The standard InChI is InChI=1S/C16H23NO/c1-4-7-15(6-3)17-13-14-8-10-16(11-9-14)18-12-5-2/h1,8-11,15,17H,5-7,12-13H2,2-3H3. The molecule has 1 rings (SSSR count). The maximum Gasteiger partial charge on any atom is 0.119 e. The molecule has 0 saturated carbocycles. The van der Waals surface area contributed by atoms with Gasteiger partial charge in [0, 0.05) is 19.0 Å². The normalized spacial score (nSPS) is 11.8. The molecular weight excluding hydrogens is 222 g/mol. The Kier molecular flexibility index (Phi) is 6.98. The van der Waals surface area contributed by atoms with Gasteiger partial charge in [-0.15, -0.1) is 12.3 Å². The summed E-state index contributed by atoms with van der Waals surface area (Å²) in [4.78, 5) is 0. The van der Waals surface area contributed by atoms with Gasteiger partial charge in [0.25, 0.3) is 0 Å². The maximum atomic E-state index is 5.55. The minimum atomic E-state index is 0.408. The van der Waals surface area contributed by atoms with Crippen LogP contribution in [0.2, 0.25) is 0 Å². The second kappa shape index (κ2) is 8.60. The first kappa shape index (κ1) is 14.6. The van der Waals surface area contributed by atoms with E-state index in [-0.39, 0.29) is 0 Å². The monoisotopic (exact) mass is 245 g/mol. The first-order valence-corrected chi connectivity index (χ1v) is 6.68. The fourth-order valence-electron chi connectivity index (χ4n) is 1.69. The first-order chi connectivity index (χ1) is 8.80. The Labute approximate surface area is 111 Å². The van der Waals surface area contributed by atoms with Gasteiger partial charge < -0.3 is 10.1 Å². The molecule has 0 aromatic heterocycles. The summed E-state index contributed by atoms with van der Waals surface area (Å²) >= 11 is 0. The maximum absolute atomic E-state index is 5.55. The molecule has 0 aliphatic heterocycles. The van der Waals surface area contributed by atoms with Crippen LogP contribution in [0.1, 0.15) is 38.7 Å². The number of nitrogens with one attached hydrogen (secondary N) is 1. The highest BCUT2D eigenvalue weighted by Crippen LogP contribution is 2.12. The summed E-state index contributed by atoms with van der Waals surface area (Å²) < 4.78 is 5.55. The van der Waals surface area contributed by atoms with E-state index in [0.717, 1.165) is 38.2 Å². The van der Waals surface area contributed by atoms with Gasteiger partial charge >= 0.3 is 0 Å². The summed E-state index contributed by atoms with van der Waals surface area (Å²) in [6, 6.07) is 8.65. The van der Waals surface area contributed by atoms with Crippen molar-refractivity contribution >= 4 is 0 Å². The van der Waals surface area contributed by atoms with E-state index in [1.165, 1.54) is 5.56 Å². The molecule has 0 amide bonds. The highest BCUT2D eigenvalue weighted by molar-refractivity contribution is 5.27. The van der Waals surface area contributed by atoms with Gasteiger partial charge in [0.15, 0.2) is 0 Å². The topological polar surface area (TPSA) is 21.3 Å². The van der Waals surface area contributed by atoms with Crippen LogP contribution in [0.15, 0.2) is 24.3 Å². The van der Waals surface area contributed by atoms with Crippen molar-refractivity contribution in [2.45, 2.75) is 45.7 Å². The quantitative estimate of drug-likeness (QED) is 0.709. The molecule has 0 radical (unpaired) electrons. The Balaban J connectivity index is 2.41. The van der Waals surface area contributed by atoms with Gasteiger partial charge in [0.1, 0.15) is 5.75 Å². The van der Waals surface area contributed by atoms with Crippen LogP contribution in [-0.2, 0) is 6.54 Å². The van der Waals surface area contributed by atoms with E-state index < -0.39 is 0 Å². The van der Waals surface area contributed by atoms with Crippen molar-refractivity contribution in [3.05, 3.63) is 29.8 Å². The molecule has 0 bridgehead atoms. The van der Waals surface area contributed by atoms with E-state index in [9.17, 15) is 0 Å². The van der Waals surface area contributed by atoms with Crippen molar-refractivity contribution in [2.24, 2.45) is 0 Å². The molecule has 2 nitrogen and oxygen atoms in total. The largest absolute Gasteiger partial charge is 0.494 e. The summed E-state index contributed by atoms with van der Waals surface area (Å²) in [5.41, 5.74) is 1.26. The number of rotatable bonds is 8. The van der Waals surface area contributed by atoms with E-state index in [1.54, 1.807) is 0 Å². The Morgan fingerprint density at radius 1 is 1.28 bits per heavy atom. The Morgan fingerprint density at radius 2 is 2.00 bits per heavy atom. The lowest BCUT2D eigenvalue weighted by Gasteiger charge is -2.14. The molecule has 0 aliphatic rings. The van der Waals surface area contributed by atoms with E-state index in [1.807, 2.05) is 12.1 Å². The van der Waals surface area contributed by atoms with Crippen molar-refractivity contribution in [1.82, 2.24) is 5.32 Å². The fraction of sp³-hybridized carbons (Fsp3) is 0.500. The molecule has 0 spiro atoms. The molecule has 0 fully saturated rings. The highest BCUT2D eigenvalue weighted by Gasteiger charge is 2.03. The molecule has 0 aliphatic carbocycles. The lowest BCUT2D eigenvalue weighted by atomic mass is 10.1. The Morgan fingerprint density at radius 3 is 2.56 bits per heavy atom. The lowest BCUT2D eigenvalue weighted by Crippen LogP contribution is -2.27. The average molecular weight is 245 g/mol. The Bertz CT molecular complexity index is 364. The minimum absolute atomic E-state index is 0.408. The SMILES string of the molecule is C#CCC(CC)NCc1ccc(OCCC)cc1. The van der Waals surface area contributed by atoms with Gasteiger partial charge in [-0.2, -0.15) is 0 Å². The summed E-state index contributed by atoms with van der Waals surface area (Å²) in [6.45, 7) is 5.89. The van der Waals surface area contributed by atoms with E-state index in [4.69, 9.17) is 11.2 Å². The molecule has 0 saturated heterocycles. The lowest BCUT2D eigenvalue weighted by molar-refractivity contribution is 0.317. The number of hydrogen-bond donors (Lipinski definition) is 1. The van der Waals surface area contributed by atoms with E-state index in [0.29, 0.717) is 6.04 Å². The number of benzene rings is 1. The molecule has 98 valence electrons. The molecule has 1 aromatic carbocycles. The van der Waals surface area contributed by atoms with Gasteiger partial charge in [0.2, 0.25) is 0 Å². The number of ether oxygens (including phenoxy) is 1. The van der Waals surface area contributed by atoms with Gasteiger partial charge in [0.05, 0.1) is 6.61 Å². The van der Waals surface area contributed by atoms with E-state index >= 15 is 0 Å². The average Bonchev–Trinajstić information content (AvgIpc) is 2.42. The summed E-state index contributed by atoms with van der Waals surface area (Å²) in [7, 11) is 0. The van der Waals surface area contributed by atoms with Crippen LogP contribution in [0.4, 0.5) is 0 Å². The second-order valence-electron chi connectivity index (χ2n) is 4.39. The smallest absolute Gasteiger partial charge is 0.119 e. The molecule has 1 aromatic rings. The third-order valence-corrected chi connectivity index (χ3v) is 2.85. The summed E-state index contributed by atoms with van der Waals surface area (Å²) in [6.07, 6.45) is 8.21. The zero-order chi connectivity index (χ0) is 13.2. The van der Waals surface area contributed by atoms with Crippen molar-refractivity contribution in [1.29, 1.82) is 0 Å². The zero-order valence-corrected chi connectivity index (χ0v) is 11.4. The van der Waals surface area contributed by atoms with Crippen LogP contribution in [0.5, 0.6) is 5.75 Å². The molecule has 18 heavy (non-hydrogen) atoms. The van der Waals surface area contributed by atoms with Crippen LogP contribution in [-0.4, -0.2) is 12.6 Å². The number of hydrogen-bond acceptors (Lipinski definition) is 2. The second-order valence-corrected chi connectivity index (χ2v) is 4.39. The third kappa shape index (κ3) is 5.25. The van der Waals surface area contributed by atoms with Gasteiger partial charge in [-0.1, -0.05) is 26.0 Å². The van der Waals surface area contributed by atoms with Crippen LogP contribution in [0, 0.1) is 12.3 Å². The third-order valence-electron chi connectivity index (χ3n) is 2.85. The molecule has 1 unspecified atom stereocenters. The van der Waals surface area contributed by atoms with Crippen molar-refractivity contribution in [3.63, 3.8) is 0 Å². The summed E-state index contributed by atoms with van der Waals surface area (Å²) in [5.74, 6) is 3.65. The predicted molar refractivity (Wildman–Crippen MR) is 76.6 cm³/mol. The van der Waals surface area contributed by atoms with Gasteiger partial charge in [-0.3, -0.25) is 0 Å². The van der Waals surface area contributed by atoms with Crippen LogP contribution in [0.3, 0.4) is 0 Å².